The van der Waals surface area contributed by atoms with Gasteiger partial charge in [-0.25, -0.2) is 0 Å². The first-order chi connectivity index (χ1) is 10.4. The normalized spacial score (nSPS) is 11.1. The summed E-state index contributed by atoms with van der Waals surface area (Å²) in [5.41, 5.74) is 1.47. The predicted molar refractivity (Wildman–Crippen MR) is 89.8 cm³/mol. The van der Waals surface area contributed by atoms with E-state index in [2.05, 4.69) is 19.2 Å². The molecule has 22 heavy (non-hydrogen) atoms. The third-order valence-corrected chi connectivity index (χ3v) is 3.92. The molecule has 1 N–H and O–H groups in total. The highest BCUT2D eigenvalue weighted by Crippen LogP contribution is 2.24. The molecule has 0 aliphatic rings. The minimum absolute atomic E-state index is 0.139. The molecule has 1 amide bonds. The molecule has 0 bridgehead atoms. The van der Waals surface area contributed by atoms with Crippen molar-refractivity contribution < 1.29 is 9.53 Å². The molecule has 2 aromatic carbocycles. The summed E-state index contributed by atoms with van der Waals surface area (Å²) in [6.45, 7) is 4.68. The Kier molecular flexibility index (Phi) is 5.09. The molecule has 3 nitrogen and oxygen atoms in total. The standard InChI is InChI=1S/C18H20ClNO2/c1-18(2,13-8-10-14(19)11-9-13)12-20-17(21)15-6-4-5-7-16(15)22-3/h4-11H,12H2,1-3H3,(H,20,21). The van der Waals surface area contributed by atoms with Gasteiger partial charge in [0.25, 0.3) is 5.91 Å². The first-order valence-corrected chi connectivity index (χ1v) is 7.49. The lowest BCUT2D eigenvalue weighted by Crippen LogP contribution is -2.36. The van der Waals surface area contributed by atoms with Crippen molar-refractivity contribution in [2.75, 3.05) is 13.7 Å². The largest absolute Gasteiger partial charge is 0.496 e. The topological polar surface area (TPSA) is 38.3 Å². The SMILES string of the molecule is COc1ccccc1C(=O)NCC(C)(C)c1ccc(Cl)cc1. The maximum Gasteiger partial charge on any atom is 0.255 e. The Bertz CT molecular complexity index is 650. The van der Waals surface area contributed by atoms with E-state index in [4.69, 9.17) is 16.3 Å². The molecule has 0 aliphatic heterocycles. The van der Waals surface area contributed by atoms with E-state index >= 15 is 0 Å². The van der Waals surface area contributed by atoms with Gasteiger partial charge >= 0.3 is 0 Å². The van der Waals surface area contributed by atoms with E-state index < -0.39 is 0 Å². The third-order valence-electron chi connectivity index (χ3n) is 3.67. The molecule has 0 saturated heterocycles. The number of carbonyl (C=O) groups is 1. The Hall–Kier alpha value is -2.00. The van der Waals surface area contributed by atoms with Gasteiger partial charge in [-0.2, -0.15) is 0 Å². The van der Waals surface area contributed by atoms with Crippen molar-refractivity contribution in [3.05, 3.63) is 64.7 Å². The summed E-state index contributed by atoms with van der Waals surface area (Å²) in [4.78, 5) is 12.3. The van der Waals surface area contributed by atoms with Gasteiger partial charge in [-0.15, -0.1) is 0 Å². The maximum atomic E-state index is 12.3. The van der Waals surface area contributed by atoms with Crippen LogP contribution in [0.5, 0.6) is 5.75 Å². The van der Waals surface area contributed by atoms with E-state index in [1.807, 2.05) is 36.4 Å². The summed E-state index contributed by atoms with van der Waals surface area (Å²) in [6, 6.07) is 14.9. The number of hydrogen-bond donors (Lipinski definition) is 1. The second-order valence-electron chi connectivity index (χ2n) is 5.77. The van der Waals surface area contributed by atoms with Crippen LogP contribution in [0.15, 0.2) is 48.5 Å². The minimum Gasteiger partial charge on any atom is -0.496 e. The van der Waals surface area contributed by atoms with E-state index in [1.54, 1.807) is 19.2 Å². The molecule has 0 aliphatic carbocycles. The van der Waals surface area contributed by atoms with E-state index in [1.165, 1.54) is 0 Å². The molecule has 116 valence electrons. The number of benzene rings is 2. The van der Waals surface area contributed by atoms with Crippen LogP contribution < -0.4 is 10.1 Å². The lowest BCUT2D eigenvalue weighted by atomic mass is 9.84. The average molecular weight is 318 g/mol. The number of halogens is 1. The summed E-state index contributed by atoms with van der Waals surface area (Å²) in [6.07, 6.45) is 0. The summed E-state index contributed by atoms with van der Waals surface area (Å²) >= 11 is 5.92. The molecule has 0 fully saturated rings. The zero-order valence-corrected chi connectivity index (χ0v) is 13.8. The zero-order chi connectivity index (χ0) is 16.2. The van der Waals surface area contributed by atoms with Crippen molar-refractivity contribution in [1.29, 1.82) is 0 Å². The highest BCUT2D eigenvalue weighted by atomic mass is 35.5. The Morgan fingerprint density at radius 3 is 2.41 bits per heavy atom. The minimum atomic E-state index is -0.192. The van der Waals surface area contributed by atoms with Crippen LogP contribution in [0.3, 0.4) is 0 Å². The number of hydrogen-bond acceptors (Lipinski definition) is 2. The third kappa shape index (κ3) is 3.80. The van der Waals surface area contributed by atoms with Gasteiger partial charge in [-0.1, -0.05) is 49.7 Å². The van der Waals surface area contributed by atoms with Crippen molar-refractivity contribution in [3.8, 4) is 5.75 Å². The maximum absolute atomic E-state index is 12.3. The van der Waals surface area contributed by atoms with Crippen molar-refractivity contribution in [2.24, 2.45) is 0 Å². The molecule has 2 aromatic rings. The monoisotopic (exact) mass is 317 g/mol. The second kappa shape index (κ2) is 6.84. The molecule has 0 atom stereocenters. The van der Waals surface area contributed by atoms with Gasteiger partial charge in [-0.05, 0) is 29.8 Å². The van der Waals surface area contributed by atoms with Crippen LogP contribution in [0.25, 0.3) is 0 Å². The van der Waals surface area contributed by atoms with Gasteiger partial charge in [0, 0.05) is 17.0 Å². The van der Waals surface area contributed by atoms with E-state index in [0.717, 1.165) is 5.56 Å². The number of ether oxygens (including phenoxy) is 1. The fourth-order valence-corrected chi connectivity index (χ4v) is 2.36. The van der Waals surface area contributed by atoms with Gasteiger partial charge in [-0.3, -0.25) is 4.79 Å². The predicted octanol–water partition coefficient (Wildman–Crippen LogP) is 4.06. The van der Waals surface area contributed by atoms with Crippen LogP contribution in [-0.4, -0.2) is 19.6 Å². The van der Waals surface area contributed by atoms with Gasteiger partial charge in [0.2, 0.25) is 0 Å². The number of methoxy groups -OCH3 is 1. The van der Waals surface area contributed by atoms with Crippen LogP contribution in [0.4, 0.5) is 0 Å². The van der Waals surface area contributed by atoms with Crippen LogP contribution in [-0.2, 0) is 5.41 Å². The Morgan fingerprint density at radius 2 is 1.77 bits per heavy atom. The van der Waals surface area contributed by atoms with Gasteiger partial charge in [0.15, 0.2) is 0 Å². The summed E-state index contributed by atoms with van der Waals surface area (Å²) in [5, 5.41) is 3.68. The van der Waals surface area contributed by atoms with Crippen LogP contribution >= 0.6 is 11.6 Å². The number of rotatable bonds is 5. The van der Waals surface area contributed by atoms with Crippen molar-refractivity contribution in [2.45, 2.75) is 19.3 Å². The molecule has 0 unspecified atom stereocenters. The van der Waals surface area contributed by atoms with Crippen molar-refractivity contribution >= 4 is 17.5 Å². The molecular weight excluding hydrogens is 298 g/mol. The number of para-hydroxylation sites is 1. The molecule has 0 radical (unpaired) electrons. The lowest BCUT2D eigenvalue weighted by molar-refractivity contribution is 0.0942. The van der Waals surface area contributed by atoms with Gasteiger partial charge in [0.1, 0.15) is 5.75 Å². The molecule has 0 aromatic heterocycles. The lowest BCUT2D eigenvalue weighted by Gasteiger charge is -2.26. The molecule has 0 spiro atoms. The van der Waals surface area contributed by atoms with E-state index in [0.29, 0.717) is 22.9 Å². The number of carbonyl (C=O) groups excluding carboxylic acids is 1. The van der Waals surface area contributed by atoms with E-state index in [9.17, 15) is 4.79 Å². The second-order valence-corrected chi connectivity index (χ2v) is 6.21. The highest BCUT2D eigenvalue weighted by Gasteiger charge is 2.22. The fourth-order valence-electron chi connectivity index (χ4n) is 2.23. The molecule has 0 saturated carbocycles. The number of nitrogens with one attached hydrogen (secondary N) is 1. The Labute approximate surface area is 136 Å². The zero-order valence-electron chi connectivity index (χ0n) is 13.0. The molecule has 2 rings (SSSR count). The first kappa shape index (κ1) is 16.4. The van der Waals surface area contributed by atoms with E-state index in [-0.39, 0.29) is 11.3 Å². The van der Waals surface area contributed by atoms with Crippen LogP contribution in [0.2, 0.25) is 5.02 Å². The smallest absolute Gasteiger partial charge is 0.255 e. The average Bonchev–Trinajstić information content (AvgIpc) is 2.53. The molecule has 0 heterocycles. The number of amides is 1. The Balaban J connectivity index is 2.08. The summed E-state index contributed by atoms with van der Waals surface area (Å²) in [5.74, 6) is 0.434. The van der Waals surface area contributed by atoms with Gasteiger partial charge < -0.3 is 10.1 Å². The highest BCUT2D eigenvalue weighted by molar-refractivity contribution is 6.30. The molecule has 4 heteroatoms. The van der Waals surface area contributed by atoms with Crippen LogP contribution in [0.1, 0.15) is 29.8 Å². The Morgan fingerprint density at radius 1 is 1.14 bits per heavy atom. The van der Waals surface area contributed by atoms with Crippen molar-refractivity contribution in [1.82, 2.24) is 5.32 Å². The summed E-state index contributed by atoms with van der Waals surface area (Å²) < 4.78 is 5.22. The van der Waals surface area contributed by atoms with Crippen LogP contribution in [0, 0.1) is 0 Å². The van der Waals surface area contributed by atoms with Gasteiger partial charge in [0.05, 0.1) is 12.7 Å². The quantitative estimate of drug-likeness (QED) is 0.903. The first-order valence-electron chi connectivity index (χ1n) is 7.11. The fraction of sp³-hybridized carbons (Fsp3) is 0.278. The summed E-state index contributed by atoms with van der Waals surface area (Å²) in [7, 11) is 1.56. The van der Waals surface area contributed by atoms with Crippen molar-refractivity contribution in [3.63, 3.8) is 0 Å². The molecular formula is C18H20ClNO2.